The highest BCUT2D eigenvalue weighted by Gasteiger charge is 2.40. The summed E-state index contributed by atoms with van der Waals surface area (Å²) in [6.07, 6.45) is 1.34. The van der Waals surface area contributed by atoms with E-state index in [4.69, 9.17) is 9.47 Å². The second-order valence-corrected chi connectivity index (χ2v) is 9.49. The Morgan fingerprint density at radius 1 is 0.971 bits per heavy atom. The molecule has 2 aromatic carbocycles. The average molecular weight is 465 g/mol. The minimum absolute atomic E-state index is 0.109. The zero-order chi connectivity index (χ0) is 23.5. The van der Waals surface area contributed by atoms with Gasteiger partial charge in [0.1, 0.15) is 6.10 Å². The molecule has 180 valence electrons. The number of benzene rings is 2. The molecule has 7 heteroatoms. The van der Waals surface area contributed by atoms with E-state index in [-0.39, 0.29) is 43.2 Å². The van der Waals surface area contributed by atoms with Crippen molar-refractivity contribution >= 4 is 11.8 Å². The van der Waals surface area contributed by atoms with Gasteiger partial charge in [-0.15, -0.1) is 0 Å². The summed E-state index contributed by atoms with van der Waals surface area (Å²) in [5.74, 6) is -0.000913. The first kappa shape index (κ1) is 23.0. The molecular formula is C27H32N2O5. The quantitative estimate of drug-likeness (QED) is 0.755. The summed E-state index contributed by atoms with van der Waals surface area (Å²) in [7, 11) is 0. The van der Waals surface area contributed by atoms with Crippen LogP contribution in [-0.2, 0) is 27.2 Å². The first-order valence-electron chi connectivity index (χ1n) is 12.2. The van der Waals surface area contributed by atoms with E-state index in [1.807, 2.05) is 35.2 Å². The lowest BCUT2D eigenvalue weighted by atomic mass is 9.93. The van der Waals surface area contributed by atoms with E-state index in [1.54, 1.807) is 17.0 Å². The van der Waals surface area contributed by atoms with Gasteiger partial charge in [-0.25, -0.2) is 0 Å². The van der Waals surface area contributed by atoms with Gasteiger partial charge < -0.3 is 24.4 Å². The summed E-state index contributed by atoms with van der Waals surface area (Å²) >= 11 is 0. The fraction of sp³-hybridized carbons (Fsp3) is 0.481. The summed E-state index contributed by atoms with van der Waals surface area (Å²) in [5.41, 5.74) is 3.13. The van der Waals surface area contributed by atoms with E-state index in [1.165, 1.54) is 11.1 Å². The van der Waals surface area contributed by atoms with Crippen molar-refractivity contribution in [1.29, 1.82) is 0 Å². The Balaban J connectivity index is 1.25. The molecule has 2 aromatic rings. The zero-order valence-electron chi connectivity index (χ0n) is 19.3. The van der Waals surface area contributed by atoms with Gasteiger partial charge in [0.05, 0.1) is 37.9 Å². The number of β-amino-alcohol motifs (C(OH)–C–C–N with tert-alkyl or cyclic N) is 1. The van der Waals surface area contributed by atoms with E-state index in [0.29, 0.717) is 38.0 Å². The summed E-state index contributed by atoms with van der Waals surface area (Å²) in [5, 5.41) is 10.3. The Morgan fingerprint density at radius 2 is 1.74 bits per heavy atom. The molecule has 4 atom stereocenters. The molecule has 0 bridgehead atoms. The highest BCUT2D eigenvalue weighted by atomic mass is 16.5. The fourth-order valence-electron chi connectivity index (χ4n) is 5.35. The average Bonchev–Trinajstić information content (AvgIpc) is 2.86. The Hall–Kier alpha value is -2.74. The number of amides is 2. The molecule has 0 unspecified atom stereocenters. The van der Waals surface area contributed by atoms with Gasteiger partial charge in [0.15, 0.2) is 0 Å². The van der Waals surface area contributed by atoms with Crippen LogP contribution in [0.3, 0.4) is 0 Å². The minimum Gasteiger partial charge on any atom is -0.389 e. The highest BCUT2D eigenvalue weighted by molar-refractivity contribution is 5.94. The number of nitrogens with zero attached hydrogens (tertiary/aromatic N) is 2. The Bertz CT molecular complexity index is 1010. The van der Waals surface area contributed by atoms with Gasteiger partial charge in [-0.1, -0.05) is 42.5 Å². The molecule has 0 aliphatic carbocycles. The molecule has 0 spiro atoms. The lowest BCUT2D eigenvalue weighted by Crippen LogP contribution is -2.57. The lowest BCUT2D eigenvalue weighted by Gasteiger charge is -2.44. The number of ether oxygens (including phenoxy) is 2. The van der Waals surface area contributed by atoms with Crippen LogP contribution in [0.25, 0.3) is 0 Å². The molecule has 0 saturated carbocycles. The van der Waals surface area contributed by atoms with Crippen molar-refractivity contribution in [1.82, 2.24) is 9.80 Å². The maximum Gasteiger partial charge on any atom is 0.254 e. The summed E-state index contributed by atoms with van der Waals surface area (Å²) in [6, 6.07) is 17.2. The molecule has 34 heavy (non-hydrogen) atoms. The Kier molecular flexibility index (Phi) is 6.94. The maximum atomic E-state index is 13.3. The van der Waals surface area contributed by atoms with Gasteiger partial charge in [0.2, 0.25) is 5.91 Å². The molecule has 1 N–H and O–H groups in total. The number of hydrogen-bond acceptors (Lipinski definition) is 5. The number of aliphatic hydroxyl groups excluding tert-OH is 1. The smallest absolute Gasteiger partial charge is 0.254 e. The summed E-state index contributed by atoms with van der Waals surface area (Å²) < 4.78 is 12.1. The molecule has 2 fully saturated rings. The van der Waals surface area contributed by atoms with Gasteiger partial charge >= 0.3 is 0 Å². The molecule has 2 saturated heterocycles. The summed E-state index contributed by atoms with van der Waals surface area (Å²) in [4.78, 5) is 30.0. The normalized spacial score (nSPS) is 27.2. The van der Waals surface area contributed by atoms with Crippen LogP contribution >= 0.6 is 0 Å². The number of carbonyl (C=O) groups excluding carboxylic acids is 2. The molecular weight excluding hydrogens is 432 g/mol. The minimum atomic E-state index is -0.741. The van der Waals surface area contributed by atoms with Crippen LogP contribution in [0.2, 0.25) is 0 Å². The second kappa shape index (κ2) is 10.3. The predicted molar refractivity (Wildman–Crippen MR) is 126 cm³/mol. The highest BCUT2D eigenvalue weighted by Crippen LogP contribution is 2.30. The summed E-state index contributed by atoms with van der Waals surface area (Å²) in [6.45, 7) is 2.03. The number of fused-ring (bicyclic) bond motifs is 2. The third-order valence-corrected chi connectivity index (χ3v) is 7.15. The third kappa shape index (κ3) is 5.02. The lowest BCUT2D eigenvalue weighted by molar-refractivity contribution is -0.155. The van der Waals surface area contributed by atoms with E-state index >= 15 is 0 Å². The van der Waals surface area contributed by atoms with E-state index in [9.17, 15) is 14.7 Å². The molecule has 3 aliphatic rings. The van der Waals surface area contributed by atoms with Crippen LogP contribution in [0.4, 0.5) is 0 Å². The van der Waals surface area contributed by atoms with Crippen molar-refractivity contribution < 1.29 is 24.2 Å². The number of hydrogen-bond donors (Lipinski definition) is 1. The number of rotatable bonds is 3. The van der Waals surface area contributed by atoms with Crippen LogP contribution in [0.15, 0.2) is 54.6 Å². The molecule has 3 aliphatic heterocycles. The predicted octanol–water partition coefficient (Wildman–Crippen LogP) is 2.41. The molecule has 2 amide bonds. The largest absolute Gasteiger partial charge is 0.389 e. The van der Waals surface area contributed by atoms with Crippen molar-refractivity contribution in [3.63, 3.8) is 0 Å². The zero-order valence-corrected chi connectivity index (χ0v) is 19.3. The van der Waals surface area contributed by atoms with Crippen LogP contribution in [0, 0.1) is 0 Å². The standard InChI is InChI=1S/C27H32N2O5/c30-22-16-29(27(32)20-7-2-1-3-8-20)24-11-10-23(34-25(24)18-33-17-22)14-26(31)28-13-12-19-6-4-5-9-21(19)15-28/h1-9,22-25,30H,10-18H2/t22-,23+,24-,25+/m1/s1. The Labute approximate surface area is 200 Å². The van der Waals surface area contributed by atoms with E-state index in [2.05, 4.69) is 12.1 Å². The van der Waals surface area contributed by atoms with E-state index in [0.717, 1.165) is 13.0 Å². The number of carbonyl (C=O) groups is 2. The SMILES string of the molecule is O=C(C[C@@H]1CC[C@@H]2[C@H](COC[C@H](O)CN2C(=O)c2ccccc2)O1)N1CCc2ccccc2C1. The molecule has 0 aromatic heterocycles. The van der Waals surface area contributed by atoms with Crippen molar-refractivity contribution in [3.8, 4) is 0 Å². The first-order valence-corrected chi connectivity index (χ1v) is 12.2. The van der Waals surface area contributed by atoms with Gasteiger partial charge in [-0.2, -0.15) is 0 Å². The molecule has 5 rings (SSSR count). The molecule has 0 radical (unpaired) electrons. The van der Waals surface area contributed by atoms with Gasteiger partial charge in [-0.3, -0.25) is 9.59 Å². The molecule has 3 heterocycles. The monoisotopic (exact) mass is 464 g/mol. The van der Waals surface area contributed by atoms with Crippen molar-refractivity contribution in [2.24, 2.45) is 0 Å². The second-order valence-electron chi connectivity index (χ2n) is 9.49. The van der Waals surface area contributed by atoms with Crippen molar-refractivity contribution in [2.75, 3.05) is 26.3 Å². The Morgan fingerprint density at radius 3 is 2.56 bits per heavy atom. The van der Waals surface area contributed by atoms with Crippen LogP contribution < -0.4 is 0 Å². The van der Waals surface area contributed by atoms with Crippen LogP contribution in [0.5, 0.6) is 0 Å². The van der Waals surface area contributed by atoms with Crippen molar-refractivity contribution in [2.45, 2.75) is 56.6 Å². The maximum absolute atomic E-state index is 13.3. The van der Waals surface area contributed by atoms with Gasteiger partial charge in [-0.05, 0) is 42.5 Å². The van der Waals surface area contributed by atoms with Crippen LogP contribution in [-0.4, -0.2) is 77.4 Å². The van der Waals surface area contributed by atoms with Gasteiger partial charge in [0.25, 0.3) is 5.91 Å². The van der Waals surface area contributed by atoms with Gasteiger partial charge in [0, 0.05) is 25.2 Å². The third-order valence-electron chi connectivity index (χ3n) is 7.15. The fourth-order valence-corrected chi connectivity index (χ4v) is 5.35. The van der Waals surface area contributed by atoms with Crippen molar-refractivity contribution in [3.05, 3.63) is 71.3 Å². The molecule has 7 nitrogen and oxygen atoms in total. The first-order chi connectivity index (χ1) is 16.6. The van der Waals surface area contributed by atoms with E-state index < -0.39 is 6.10 Å². The van der Waals surface area contributed by atoms with Crippen LogP contribution in [0.1, 0.15) is 40.7 Å². The topological polar surface area (TPSA) is 79.3 Å². The number of aliphatic hydroxyl groups is 1.